The zero-order valence-corrected chi connectivity index (χ0v) is 11.1. The monoisotopic (exact) mass is 284 g/mol. The molecule has 0 saturated carbocycles. The third kappa shape index (κ3) is 2.73. The molecule has 1 aliphatic carbocycles. The molecule has 18 heavy (non-hydrogen) atoms. The molecule has 0 aliphatic heterocycles. The van der Waals surface area contributed by atoms with Gasteiger partial charge in [0.05, 0.1) is 10.9 Å². The molecule has 2 amide bonds. The van der Waals surface area contributed by atoms with Crippen LogP contribution in [0.5, 0.6) is 0 Å². The lowest BCUT2D eigenvalue weighted by Gasteiger charge is -2.26. The van der Waals surface area contributed by atoms with Gasteiger partial charge in [-0.3, -0.25) is 9.59 Å². The molecule has 0 radical (unpaired) electrons. The molecule has 0 bridgehead atoms. The average Bonchev–Trinajstić information content (AvgIpc) is 2.76. The summed E-state index contributed by atoms with van der Waals surface area (Å²) in [5, 5.41) is 5.01. The van der Waals surface area contributed by atoms with Crippen LogP contribution in [0.4, 0.5) is 0 Å². The molecule has 0 saturated heterocycles. The van der Waals surface area contributed by atoms with Crippen molar-refractivity contribution < 1.29 is 9.59 Å². The quantitative estimate of drug-likeness (QED) is 0.833. The minimum absolute atomic E-state index is 0.249. The minimum atomic E-state index is -0.387. The van der Waals surface area contributed by atoms with E-state index in [2.05, 4.69) is 5.32 Å². The summed E-state index contributed by atoms with van der Waals surface area (Å²) in [6, 6.07) is 1.42. The summed E-state index contributed by atoms with van der Waals surface area (Å²) in [6.45, 7) is 0. The molecule has 1 aromatic rings. The Morgan fingerprint density at radius 3 is 2.72 bits per heavy atom. The molecule has 96 valence electrons. The van der Waals surface area contributed by atoms with Gasteiger partial charge in [-0.15, -0.1) is 11.3 Å². The number of nitrogens with two attached hydrogens (primary N) is 1. The van der Waals surface area contributed by atoms with Crippen LogP contribution < -0.4 is 11.1 Å². The molecule has 2 atom stereocenters. The molecule has 0 aromatic carbocycles. The average molecular weight is 285 g/mol. The Hall–Kier alpha value is -1.33. The van der Waals surface area contributed by atoms with Gasteiger partial charge in [0.1, 0.15) is 4.88 Å². The highest BCUT2D eigenvalue weighted by molar-refractivity contribution is 7.12. The first-order valence-electron chi connectivity index (χ1n) is 5.57. The number of halogens is 1. The van der Waals surface area contributed by atoms with E-state index >= 15 is 0 Å². The van der Waals surface area contributed by atoms with Crippen molar-refractivity contribution in [2.45, 2.75) is 18.9 Å². The molecule has 4 nitrogen and oxygen atoms in total. The Balaban J connectivity index is 2.08. The van der Waals surface area contributed by atoms with Gasteiger partial charge in [-0.2, -0.15) is 0 Å². The molecule has 0 fully saturated rings. The van der Waals surface area contributed by atoms with Gasteiger partial charge in [-0.25, -0.2) is 0 Å². The number of allylic oxidation sites excluding steroid dienone is 1. The van der Waals surface area contributed by atoms with Gasteiger partial charge >= 0.3 is 0 Å². The SMILES string of the molecule is NC(=O)[C@@H]1CC=CC[C@H]1NC(=O)c1sccc1Cl. The Kier molecular flexibility index (Phi) is 4.04. The summed E-state index contributed by atoms with van der Waals surface area (Å²) in [5.74, 6) is -0.985. The van der Waals surface area contributed by atoms with Gasteiger partial charge in [0, 0.05) is 6.04 Å². The van der Waals surface area contributed by atoms with Crippen molar-refractivity contribution in [1.29, 1.82) is 0 Å². The topological polar surface area (TPSA) is 72.2 Å². The van der Waals surface area contributed by atoms with Gasteiger partial charge in [-0.05, 0) is 24.3 Å². The van der Waals surface area contributed by atoms with Crippen molar-refractivity contribution in [3.63, 3.8) is 0 Å². The molecular weight excluding hydrogens is 272 g/mol. The molecule has 1 heterocycles. The summed E-state index contributed by atoms with van der Waals surface area (Å²) in [5.41, 5.74) is 5.33. The zero-order valence-electron chi connectivity index (χ0n) is 9.56. The fourth-order valence-electron chi connectivity index (χ4n) is 1.98. The van der Waals surface area contributed by atoms with E-state index < -0.39 is 0 Å². The first-order chi connectivity index (χ1) is 8.59. The van der Waals surface area contributed by atoms with Crippen molar-refractivity contribution in [1.82, 2.24) is 5.32 Å². The van der Waals surface area contributed by atoms with E-state index in [1.807, 2.05) is 12.2 Å². The summed E-state index contributed by atoms with van der Waals surface area (Å²) in [4.78, 5) is 23.8. The maximum atomic E-state index is 12.0. The standard InChI is InChI=1S/C12H13ClN2O2S/c13-8-5-6-18-10(8)12(17)15-9-4-2-1-3-7(9)11(14)16/h1-2,5-7,9H,3-4H2,(H2,14,16)(H,15,17)/t7-,9-/m1/s1. The number of nitrogens with one attached hydrogen (secondary N) is 1. The fourth-order valence-corrected chi connectivity index (χ4v) is 3.02. The van der Waals surface area contributed by atoms with Crippen molar-refractivity contribution in [2.75, 3.05) is 0 Å². The number of hydrogen-bond acceptors (Lipinski definition) is 3. The van der Waals surface area contributed by atoms with Crippen molar-refractivity contribution in [3.8, 4) is 0 Å². The predicted molar refractivity (Wildman–Crippen MR) is 71.6 cm³/mol. The Morgan fingerprint density at radius 1 is 1.39 bits per heavy atom. The third-order valence-electron chi connectivity index (χ3n) is 2.94. The van der Waals surface area contributed by atoms with Crippen LogP contribution in [0.3, 0.4) is 0 Å². The maximum Gasteiger partial charge on any atom is 0.263 e. The smallest absolute Gasteiger partial charge is 0.263 e. The van der Waals surface area contributed by atoms with E-state index in [-0.39, 0.29) is 23.8 Å². The summed E-state index contributed by atoms with van der Waals surface area (Å²) in [6.07, 6.45) is 5.04. The van der Waals surface area contributed by atoms with E-state index in [0.29, 0.717) is 22.7 Å². The van der Waals surface area contributed by atoms with Crippen molar-refractivity contribution in [3.05, 3.63) is 33.5 Å². The van der Waals surface area contributed by atoms with E-state index in [0.717, 1.165) is 0 Å². The number of amides is 2. The summed E-state index contributed by atoms with van der Waals surface area (Å²) >= 11 is 7.17. The van der Waals surface area contributed by atoms with Crippen LogP contribution in [-0.2, 0) is 4.79 Å². The number of primary amides is 1. The second-order valence-electron chi connectivity index (χ2n) is 4.13. The van der Waals surface area contributed by atoms with Gasteiger partial charge in [0.15, 0.2) is 0 Å². The Labute approximate surface area is 114 Å². The largest absolute Gasteiger partial charge is 0.369 e. The van der Waals surface area contributed by atoms with E-state index in [1.165, 1.54) is 11.3 Å². The Bertz CT molecular complexity index is 498. The molecule has 3 N–H and O–H groups in total. The maximum absolute atomic E-state index is 12.0. The molecule has 2 rings (SSSR count). The summed E-state index contributed by atoms with van der Waals surface area (Å²) in [7, 11) is 0. The normalized spacial score (nSPS) is 22.7. The zero-order chi connectivity index (χ0) is 13.1. The predicted octanol–water partition coefficient (Wildman–Crippen LogP) is 1.95. The Morgan fingerprint density at radius 2 is 2.11 bits per heavy atom. The number of thiophene rings is 1. The first-order valence-corrected chi connectivity index (χ1v) is 6.83. The number of hydrogen-bond donors (Lipinski definition) is 2. The number of carbonyl (C=O) groups is 2. The molecule has 1 aliphatic rings. The number of rotatable bonds is 3. The van der Waals surface area contributed by atoms with Crippen LogP contribution in [0.1, 0.15) is 22.5 Å². The fraction of sp³-hybridized carbons (Fsp3) is 0.333. The first kappa shape index (κ1) is 13.1. The highest BCUT2D eigenvalue weighted by Gasteiger charge is 2.29. The van der Waals surface area contributed by atoms with E-state index in [4.69, 9.17) is 17.3 Å². The lowest BCUT2D eigenvalue weighted by Crippen LogP contribution is -2.46. The van der Waals surface area contributed by atoms with Crippen LogP contribution in [-0.4, -0.2) is 17.9 Å². The van der Waals surface area contributed by atoms with E-state index in [1.54, 1.807) is 11.4 Å². The van der Waals surface area contributed by atoms with Crippen LogP contribution in [0.15, 0.2) is 23.6 Å². The van der Waals surface area contributed by atoms with Crippen LogP contribution >= 0.6 is 22.9 Å². The summed E-state index contributed by atoms with van der Waals surface area (Å²) < 4.78 is 0. The van der Waals surface area contributed by atoms with Crippen molar-refractivity contribution >= 4 is 34.8 Å². The molecule has 0 spiro atoms. The highest BCUT2D eigenvalue weighted by Crippen LogP contribution is 2.24. The van der Waals surface area contributed by atoms with E-state index in [9.17, 15) is 9.59 Å². The molecular formula is C12H13ClN2O2S. The highest BCUT2D eigenvalue weighted by atomic mass is 35.5. The van der Waals surface area contributed by atoms with Crippen molar-refractivity contribution in [2.24, 2.45) is 11.7 Å². The molecule has 0 unspecified atom stereocenters. The lowest BCUT2D eigenvalue weighted by molar-refractivity contribution is -0.122. The van der Waals surface area contributed by atoms with Crippen LogP contribution in [0, 0.1) is 5.92 Å². The van der Waals surface area contributed by atoms with Gasteiger partial charge in [-0.1, -0.05) is 23.8 Å². The molecule has 1 aromatic heterocycles. The second kappa shape index (κ2) is 5.54. The third-order valence-corrected chi connectivity index (χ3v) is 4.28. The van der Waals surface area contributed by atoms with Gasteiger partial charge in [0.2, 0.25) is 5.91 Å². The van der Waals surface area contributed by atoms with Crippen LogP contribution in [0.25, 0.3) is 0 Å². The number of carbonyl (C=O) groups excluding carboxylic acids is 2. The van der Waals surface area contributed by atoms with Gasteiger partial charge < -0.3 is 11.1 Å². The lowest BCUT2D eigenvalue weighted by atomic mass is 9.88. The van der Waals surface area contributed by atoms with Gasteiger partial charge in [0.25, 0.3) is 5.91 Å². The second-order valence-corrected chi connectivity index (χ2v) is 5.45. The van der Waals surface area contributed by atoms with Crippen LogP contribution in [0.2, 0.25) is 5.02 Å². The minimum Gasteiger partial charge on any atom is -0.369 e. The molecule has 6 heteroatoms.